The van der Waals surface area contributed by atoms with Crippen molar-refractivity contribution in [3.05, 3.63) is 65.7 Å². The highest BCUT2D eigenvalue weighted by Crippen LogP contribution is 2.14. The molecule has 0 saturated heterocycles. The fraction of sp³-hybridized carbons (Fsp3) is 0.370. The number of nitrogens with zero attached hydrogens (tertiary/aromatic N) is 1. The Labute approximate surface area is 238 Å². The van der Waals surface area contributed by atoms with Gasteiger partial charge in [-0.15, -0.1) is 0 Å². The van der Waals surface area contributed by atoms with Crippen LogP contribution in [0.15, 0.2) is 59.6 Å². The number of aliphatic carboxylic acids is 3. The van der Waals surface area contributed by atoms with Crippen LogP contribution in [0.4, 0.5) is 0 Å². The molecule has 0 aliphatic carbocycles. The summed E-state index contributed by atoms with van der Waals surface area (Å²) in [5.74, 6) is -3.47. The number of guanidine groups is 1. The molecule has 2 aromatic carbocycles. The van der Waals surface area contributed by atoms with E-state index in [1.165, 1.54) is 29.8 Å². The predicted molar refractivity (Wildman–Crippen MR) is 153 cm³/mol. The molecule has 2 aromatic rings. The van der Waals surface area contributed by atoms with Crippen LogP contribution in [0, 0.1) is 0 Å². The van der Waals surface area contributed by atoms with E-state index in [0.29, 0.717) is 24.9 Å². The van der Waals surface area contributed by atoms with Gasteiger partial charge in [0.05, 0.1) is 6.42 Å². The van der Waals surface area contributed by atoms with Gasteiger partial charge in [0.15, 0.2) is 5.96 Å². The number of aliphatic imine (C=N–C) groups is 1. The average Bonchev–Trinajstić information content (AvgIpc) is 2.91. The maximum absolute atomic E-state index is 11.6. The minimum atomic E-state index is -1.04. The Hall–Kier alpha value is -4.53. The molecule has 2 atom stereocenters. The smallest absolute Gasteiger partial charge is 0.328 e. The molecule has 0 heterocycles. The standard InChI is InChI=1S/C13H15NO6.C8H11N.C6H14N4O2/c14-10(5-6-11(15)16)13(19)20-9-3-1-8(2-4-9)7-12(17)18;9-7-6-8-4-2-1-3-5-8;7-4(5(11)12)2-1-3-10-6(8)9/h1-4,10H,5-7,14H2,(H,15,16)(H,17,18);1-5H,6-7,9H2;4H,1-3,7H2,(H,11,12)(H4,8,9,10)/t10-;;4-/m1.0/s1. The first kappa shape index (κ1) is 36.5. The van der Waals surface area contributed by atoms with E-state index in [4.69, 9.17) is 48.7 Å². The van der Waals surface area contributed by atoms with Crippen molar-refractivity contribution in [3.63, 3.8) is 0 Å². The summed E-state index contributed by atoms with van der Waals surface area (Å²) in [6, 6.07) is 14.4. The lowest BCUT2D eigenvalue weighted by Crippen LogP contribution is -2.34. The highest BCUT2D eigenvalue weighted by Gasteiger charge is 2.17. The number of nitrogens with two attached hydrogens (primary N) is 5. The van der Waals surface area contributed by atoms with Gasteiger partial charge in [0.25, 0.3) is 0 Å². The molecule has 14 nitrogen and oxygen atoms in total. The van der Waals surface area contributed by atoms with Gasteiger partial charge in [-0.3, -0.25) is 19.4 Å². The Morgan fingerprint density at radius 1 is 0.805 bits per heavy atom. The van der Waals surface area contributed by atoms with Crippen molar-refractivity contribution in [3.8, 4) is 5.75 Å². The maximum atomic E-state index is 11.6. The van der Waals surface area contributed by atoms with Gasteiger partial charge in [-0.05, 0) is 55.5 Å². The zero-order chi connectivity index (χ0) is 31.2. The number of esters is 1. The molecule has 0 bridgehead atoms. The molecule has 0 aliphatic rings. The van der Waals surface area contributed by atoms with E-state index >= 15 is 0 Å². The second-order valence-corrected chi connectivity index (χ2v) is 8.59. The Kier molecular flexibility index (Phi) is 19.0. The molecule has 0 spiro atoms. The van der Waals surface area contributed by atoms with Crippen molar-refractivity contribution < 1.29 is 39.2 Å². The molecule has 0 unspecified atom stereocenters. The van der Waals surface area contributed by atoms with Gasteiger partial charge in [0.2, 0.25) is 0 Å². The lowest BCUT2D eigenvalue weighted by molar-refractivity contribution is -0.140. The highest BCUT2D eigenvalue weighted by molar-refractivity contribution is 5.79. The molecule has 0 aliphatic heterocycles. The predicted octanol–water partition coefficient (Wildman–Crippen LogP) is 0.0509. The lowest BCUT2D eigenvalue weighted by Gasteiger charge is -2.10. The molecule has 14 heteroatoms. The number of hydrogen-bond donors (Lipinski definition) is 8. The van der Waals surface area contributed by atoms with Crippen LogP contribution < -0.4 is 33.4 Å². The quantitative estimate of drug-likeness (QED) is 0.0485. The molecule has 0 radical (unpaired) electrons. The van der Waals surface area contributed by atoms with E-state index < -0.39 is 36.0 Å². The van der Waals surface area contributed by atoms with Gasteiger partial charge < -0.3 is 48.7 Å². The summed E-state index contributed by atoms with van der Waals surface area (Å²) in [5.41, 5.74) is 28.1. The highest BCUT2D eigenvalue weighted by atomic mass is 16.5. The van der Waals surface area contributed by atoms with Gasteiger partial charge in [-0.1, -0.05) is 42.5 Å². The first-order valence-corrected chi connectivity index (χ1v) is 12.6. The molecular weight excluding hydrogens is 536 g/mol. The largest absolute Gasteiger partial charge is 0.481 e. The van der Waals surface area contributed by atoms with Crippen molar-refractivity contribution in [1.29, 1.82) is 0 Å². The van der Waals surface area contributed by atoms with Crippen LogP contribution in [0.2, 0.25) is 0 Å². The normalized spacial score (nSPS) is 11.3. The minimum Gasteiger partial charge on any atom is -0.481 e. The van der Waals surface area contributed by atoms with Crippen LogP contribution in [0.25, 0.3) is 0 Å². The summed E-state index contributed by atoms with van der Waals surface area (Å²) in [4.78, 5) is 46.3. The maximum Gasteiger partial charge on any atom is 0.328 e. The van der Waals surface area contributed by atoms with E-state index in [2.05, 4.69) is 17.1 Å². The van der Waals surface area contributed by atoms with Crippen LogP contribution in [0.1, 0.15) is 36.8 Å². The topological polar surface area (TPSA) is 281 Å². The Bertz CT molecular complexity index is 1090. The molecule has 13 N–H and O–H groups in total. The number of hydrogen-bond acceptors (Lipinski definition) is 9. The zero-order valence-corrected chi connectivity index (χ0v) is 22.7. The molecule has 2 rings (SSSR count). The first-order chi connectivity index (χ1) is 19.3. The summed E-state index contributed by atoms with van der Waals surface area (Å²) in [5, 5.41) is 25.5. The molecule has 0 amide bonds. The zero-order valence-electron chi connectivity index (χ0n) is 22.7. The van der Waals surface area contributed by atoms with Crippen LogP contribution >= 0.6 is 0 Å². The molecule has 0 fully saturated rings. The van der Waals surface area contributed by atoms with Gasteiger partial charge >= 0.3 is 23.9 Å². The van der Waals surface area contributed by atoms with Gasteiger partial charge in [0.1, 0.15) is 17.8 Å². The third-order valence-electron chi connectivity index (χ3n) is 5.03. The molecule has 0 aromatic heterocycles. The summed E-state index contributed by atoms with van der Waals surface area (Å²) >= 11 is 0. The van der Waals surface area contributed by atoms with Gasteiger partial charge in [0, 0.05) is 13.0 Å². The van der Waals surface area contributed by atoms with Crippen molar-refractivity contribution >= 4 is 29.8 Å². The van der Waals surface area contributed by atoms with Crippen molar-refractivity contribution in [1.82, 2.24) is 0 Å². The number of benzene rings is 2. The number of rotatable bonds is 14. The monoisotopic (exact) mass is 576 g/mol. The minimum absolute atomic E-state index is 0.00867. The Balaban J connectivity index is 0.000000645. The Morgan fingerprint density at radius 2 is 1.41 bits per heavy atom. The lowest BCUT2D eigenvalue weighted by atomic mass is 10.1. The van der Waals surface area contributed by atoms with Crippen LogP contribution in [-0.4, -0.2) is 70.3 Å². The second kappa shape index (κ2) is 21.3. The summed E-state index contributed by atoms with van der Waals surface area (Å²) in [7, 11) is 0. The average molecular weight is 577 g/mol. The van der Waals surface area contributed by atoms with E-state index in [1.807, 2.05) is 18.2 Å². The van der Waals surface area contributed by atoms with Crippen LogP contribution in [0.5, 0.6) is 5.75 Å². The fourth-order valence-electron chi connectivity index (χ4n) is 2.89. The van der Waals surface area contributed by atoms with Crippen LogP contribution in [0.3, 0.4) is 0 Å². The van der Waals surface area contributed by atoms with Crippen molar-refractivity contribution in [2.24, 2.45) is 33.7 Å². The third kappa shape index (κ3) is 20.1. The van der Waals surface area contributed by atoms with Crippen LogP contribution in [-0.2, 0) is 32.0 Å². The van der Waals surface area contributed by atoms with E-state index in [1.54, 1.807) is 0 Å². The number of carbonyl (C=O) groups is 4. The second-order valence-electron chi connectivity index (χ2n) is 8.59. The van der Waals surface area contributed by atoms with Crippen molar-refractivity contribution in [2.45, 2.75) is 50.6 Å². The summed E-state index contributed by atoms with van der Waals surface area (Å²) < 4.78 is 4.96. The van der Waals surface area contributed by atoms with Gasteiger partial charge in [-0.25, -0.2) is 4.79 Å². The Morgan fingerprint density at radius 3 is 1.90 bits per heavy atom. The summed E-state index contributed by atoms with van der Waals surface area (Å²) in [6.45, 7) is 1.16. The number of carboxylic acid groups (broad SMARTS) is 3. The first-order valence-electron chi connectivity index (χ1n) is 12.6. The number of ether oxygens (including phenoxy) is 1. The van der Waals surface area contributed by atoms with E-state index in [0.717, 1.165) is 13.0 Å². The number of carbonyl (C=O) groups excluding carboxylic acids is 1. The molecule has 41 heavy (non-hydrogen) atoms. The van der Waals surface area contributed by atoms with Gasteiger partial charge in [-0.2, -0.15) is 0 Å². The van der Waals surface area contributed by atoms with Crippen molar-refractivity contribution in [2.75, 3.05) is 13.1 Å². The SMILES string of the molecule is NC(N)=NCCC[C@H](N)C(=O)O.NCCc1ccccc1.N[C@H](CCC(=O)O)C(=O)Oc1ccc(CC(=O)O)cc1. The molecule has 226 valence electrons. The molecule has 0 saturated carbocycles. The number of carboxylic acids is 3. The van der Waals surface area contributed by atoms with E-state index in [-0.39, 0.29) is 31.0 Å². The molecular formula is C27H40N6O8. The third-order valence-corrected chi connectivity index (χ3v) is 5.03. The van der Waals surface area contributed by atoms with E-state index in [9.17, 15) is 19.2 Å². The fourth-order valence-corrected chi connectivity index (χ4v) is 2.89. The summed E-state index contributed by atoms with van der Waals surface area (Å²) in [6.07, 6.45) is 1.60.